The molecule has 0 heterocycles. The highest BCUT2D eigenvalue weighted by Gasteiger charge is 2.04. The van der Waals surface area contributed by atoms with E-state index in [0.29, 0.717) is 41.9 Å². The second-order valence-electron chi connectivity index (χ2n) is 3.69. The molecule has 4 nitrogen and oxygen atoms in total. The van der Waals surface area contributed by atoms with Gasteiger partial charge < -0.3 is 4.74 Å². The first-order chi connectivity index (χ1) is 8.62. The topological polar surface area (TPSA) is 60.4 Å². The summed E-state index contributed by atoms with van der Waals surface area (Å²) >= 11 is 0.602. The molecule has 104 valence electrons. The third-order valence-electron chi connectivity index (χ3n) is 2.03. The van der Waals surface area contributed by atoms with Crippen LogP contribution in [0.25, 0.3) is 0 Å². The van der Waals surface area contributed by atoms with Crippen molar-refractivity contribution in [3.8, 4) is 0 Å². The van der Waals surface area contributed by atoms with Crippen LogP contribution in [0.1, 0.15) is 39.5 Å². The smallest absolute Gasteiger partial charge is 0.305 e. The van der Waals surface area contributed by atoms with Crippen molar-refractivity contribution in [3.05, 3.63) is 12.7 Å². The van der Waals surface area contributed by atoms with Gasteiger partial charge in [-0.3, -0.25) is 14.4 Å². The molecule has 0 spiro atoms. The number of carbonyl (C=O) groups excluding carboxylic acids is 3. The lowest BCUT2D eigenvalue weighted by Gasteiger charge is -2.10. The third kappa shape index (κ3) is 17.3. The van der Waals surface area contributed by atoms with Crippen molar-refractivity contribution in [1.82, 2.24) is 0 Å². The molecule has 0 rings (SSSR count). The SMILES string of the molecule is C=CCCCC(C)COC(=O)CC.O=CSC=O. The van der Waals surface area contributed by atoms with Crippen LogP contribution < -0.4 is 0 Å². The Morgan fingerprint density at radius 1 is 1.39 bits per heavy atom. The molecule has 0 radical (unpaired) electrons. The monoisotopic (exact) mass is 274 g/mol. The number of hydrogen-bond acceptors (Lipinski definition) is 5. The number of unbranched alkanes of at least 4 members (excludes halogenated alkanes) is 1. The Kier molecular flexibility index (Phi) is 17.0. The fourth-order valence-electron chi connectivity index (χ4n) is 1.05. The summed E-state index contributed by atoms with van der Waals surface area (Å²) < 4.78 is 5.02. The molecule has 0 bridgehead atoms. The maximum Gasteiger partial charge on any atom is 0.305 e. The lowest BCUT2D eigenvalue weighted by molar-refractivity contribution is -0.144. The second-order valence-corrected chi connectivity index (χ2v) is 4.35. The van der Waals surface area contributed by atoms with E-state index in [1.807, 2.05) is 13.0 Å². The van der Waals surface area contributed by atoms with Crippen LogP contribution in [0.4, 0.5) is 0 Å². The number of thioether (sulfide) groups is 1. The summed E-state index contributed by atoms with van der Waals surface area (Å²) in [5, 5.41) is 0. The molecule has 0 fully saturated rings. The van der Waals surface area contributed by atoms with Crippen LogP contribution in [0.2, 0.25) is 0 Å². The lowest BCUT2D eigenvalue weighted by Crippen LogP contribution is -2.10. The van der Waals surface area contributed by atoms with E-state index in [0.717, 1.165) is 19.3 Å². The zero-order valence-electron chi connectivity index (χ0n) is 11.1. The van der Waals surface area contributed by atoms with E-state index in [4.69, 9.17) is 14.3 Å². The average Bonchev–Trinajstić information content (AvgIpc) is 2.38. The largest absolute Gasteiger partial charge is 0.465 e. The molecule has 0 N–H and O–H groups in total. The van der Waals surface area contributed by atoms with Crippen molar-refractivity contribution < 1.29 is 19.1 Å². The summed E-state index contributed by atoms with van der Waals surface area (Å²) in [6, 6.07) is 0. The van der Waals surface area contributed by atoms with Crippen molar-refractivity contribution >= 4 is 29.0 Å². The van der Waals surface area contributed by atoms with Gasteiger partial charge in [-0.15, -0.1) is 6.58 Å². The second kappa shape index (κ2) is 15.9. The van der Waals surface area contributed by atoms with Gasteiger partial charge in [0.1, 0.15) is 0 Å². The van der Waals surface area contributed by atoms with Crippen molar-refractivity contribution in [2.24, 2.45) is 5.92 Å². The standard InChI is InChI=1S/C11H20O2.C2H2O2S/c1-4-6-7-8-10(3)9-13-11(12)5-2;3-1-5-2-4/h4,10H,1,5-9H2,2-3H3;1-2H. The first kappa shape index (κ1) is 19.2. The summed E-state index contributed by atoms with van der Waals surface area (Å²) in [5.41, 5.74) is 0.958. The molecule has 0 aromatic rings. The fraction of sp³-hybridized carbons (Fsp3) is 0.615. The molecule has 0 amide bonds. The van der Waals surface area contributed by atoms with E-state index in [1.165, 1.54) is 0 Å². The van der Waals surface area contributed by atoms with Gasteiger partial charge in [0, 0.05) is 6.42 Å². The normalized spacial score (nSPS) is 10.6. The molecule has 0 saturated heterocycles. The van der Waals surface area contributed by atoms with Gasteiger partial charge in [-0.05, 0) is 36.9 Å². The van der Waals surface area contributed by atoms with Crippen LogP contribution in [0.5, 0.6) is 0 Å². The number of esters is 1. The first-order valence-corrected chi connectivity index (χ1v) is 6.85. The predicted molar refractivity (Wildman–Crippen MR) is 75.6 cm³/mol. The quantitative estimate of drug-likeness (QED) is 0.280. The van der Waals surface area contributed by atoms with Crippen LogP contribution in [0.15, 0.2) is 12.7 Å². The summed E-state index contributed by atoms with van der Waals surface area (Å²) in [7, 11) is 0. The van der Waals surface area contributed by atoms with E-state index in [-0.39, 0.29) is 5.97 Å². The molecule has 0 aliphatic heterocycles. The minimum absolute atomic E-state index is 0.101. The molecule has 0 aromatic heterocycles. The van der Waals surface area contributed by atoms with E-state index in [2.05, 4.69) is 13.5 Å². The van der Waals surface area contributed by atoms with Gasteiger partial charge >= 0.3 is 5.97 Å². The minimum atomic E-state index is -0.101. The van der Waals surface area contributed by atoms with Crippen LogP contribution >= 0.6 is 11.8 Å². The van der Waals surface area contributed by atoms with Gasteiger partial charge in [-0.1, -0.05) is 19.9 Å². The van der Waals surface area contributed by atoms with Gasteiger partial charge in [0.15, 0.2) is 11.2 Å². The maximum absolute atomic E-state index is 10.8. The Balaban J connectivity index is 0. The molecule has 0 aliphatic carbocycles. The number of allylic oxidation sites excluding steroid dienone is 1. The highest BCUT2D eigenvalue weighted by Crippen LogP contribution is 2.08. The van der Waals surface area contributed by atoms with Gasteiger partial charge in [0.2, 0.25) is 0 Å². The van der Waals surface area contributed by atoms with Crippen LogP contribution in [-0.2, 0) is 19.1 Å². The van der Waals surface area contributed by atoms with Crippen molar-refractivity contribution in [2.45, 2.75) is 39.5 Å². The maximum atomic E-state index is 10.8. The summed E-state index contributed by atoms with van der Waals surface area (Å²) in [6.45, 7) is 8.13. The zero-order chi connectivity index (χ0) is 14.2. The summed E-state index contributed by atoms with van der Waals surface area (Å²) in [4.78, 5) is 29.1. The first-order valence-electron chi connectivity index (χ1n) is 5.91. The number of ether oxygens (including phenoxy) is 1. The van der Waals surface area contributed by atoms with Gasteiger partial charge in [0.05, 0.1) is 6.61 Å². The van der Waals surface area contributed by atoms with Gasteiger partial charge in [-0.25, -0.2) is 0 Å². The zero-order valence-corrected chi connectivity index (χ0v) is 11.9. The van der Waals surface area contributed by atoms with Crippen molar-refractivity contribution in [1.29, 1.82) is 0 Å². The average molecular weight is 274 g/mol. The van der Waals surface area contributed by atoms with Crippen LogP contribution in [-0.4, -0.2) is 23.8 Å². The predicted octanol–water partition coefficient (Wildman–Crippen LogP) is 3.03. The molecular formula is C13H22O4S. The molecule has 0 aliphatic rings. The molecule has 18 heavy (non-hydrogen) atoms. The molecule has 1 atom stereocenters. The Hall–Kier alpha value is -1.10. The summed E-state index contributed by atoms with van der Waals surface area (Å²) in [5.74, 6) is 0.367. The van der Waals surface area contributed by atoms with Crippen LogP contribution in [0, 0.1) is 5.92 Å². The number of carbonyl (C=O) groups is 3. The lowest BCUT2D eigenvalue weighted by atomic mass is 10.1. The van der Waals surface area contributed by atoms with E-state index >= 15 is 0 Å². The Morgan fingerprint density at radius 3 is 2.39 bits per heavy atom. The minimum Gasteiger partial charge on any atom is -0.465 e. The molecule has 0 aromatic carbocycles. The fourth-order valence-corrected chi connectivity index (χ4v) is 1.10. The van der Waals surface area contributed by atoms with E-state index in [9.17, 15) is 4.79 Å². The molecule has 0 saturated carbocycles. The van der Waals surface area contributed by atoms with Crippen molar-refractivity contribution in [3.63, 3.8) is 0 Å². The van der Waals surface area contributed by atoms with E-state index < -0.39 is 0 Å². The molecule has 5 heteroatoms. The summed E-state index contributed by atoms with van der Waals surface area (Å²) in [6.07, 6.45) is 5.67. The van der Waals surface area contributed by atoms with E-state index in [1.54, 1.807) is 0 Å². The highest BCUT2D eigenvalue weighted by molar-refractivity contribution is 8.23. The highest BCUT2D eigenvalue weighted by atomic mass is 32.2. The third-order valence-corrected chi connectivity index (χ3v) is 2.26. The Bertz CT molecular complexity index is 235. The van der Waals surface area contributed by atoms with Crippen LogP contribution in [0.3, 0.4) is 0 Å². The van der Waals surface area contributed by atoms with Gasteiger partial charge in [0.25, 0.3) is 0 Å². The number of hydrogen-bond donors (Lipinski definition) is 0. The Morgan fingerprint density at radius 2 is 2.00 bits per heavy atom. The molecular weight excluding hydrogens is 252 g/mol. The Labute approximate surface area is 113 Å². The van der Waals surface area contributed by atoms with Gasteiger partial charge in [-0.2, -0.15) is 0 Å². The number of rotatable bonds is 9. The van der Waals surface area contributed by atoms with Crippen molar-refractivity contribution in [2.75, 3.05) is 6.61 Å². The molecule has 1 unspecified atom stereocenters.